The van der Waals surface area contributed by atoms with Crippen LogP contribution in [0.1, 0.15) is 46.5 Å². The second-order valence-electron chi connectivity index (χ2n) is 12.7. The number of nitriles is 1. The number of likely N-dealkylation sites (tertiary alicyclic amines) is 1. The summed E-state index contributed by atoms with van der Waals surface area (Å²) in [5.74, 6) is -6.51. The number of carbonyl (C=O) groups is 4. The van der Waals surface area contributed by atoms with E-state index in [4.69, 9.17) is 0 Å². The Balaban J connectivity index is 1.37. The molecule has 2 bridgehead atoms. The number of rotatable bonds is 7. The van der Waals surface area contributed by atoms with Crippen molar-refractivity contribution in [2.45, 2.75) is 70.5 Å². The third-order valence-corrected chi connectivity index (χ3v) is 9.05. The Morgan fingerprint density at radius 2 is 1.89 bits per heavy atom. The Bertz CT molecular complexity index is 1110. The molecule has 11 heteroatoms. The molecule has 2 saturated carbocycles. The lowest BCUT2D eigenvalue weighted by molar-refractivity contribution is -0.145. The van der Waals surface area contributed by atoms with Gasteiger partial charge in [-0.15, -0.1) is 0 Å². The van der Waals surface area contributed by atoms with E-state index in [-0.39, 0.29) is 41.9 Å². The van der Waals surface area contributed by atoms with Crippen LogP contribution in [0.4, 0.5) is 8.78 Å². The van der Waals surface area contributed by atoms with Gasteiger partial charge in [-0.3, -0.25) is 19.2 Å². The largest absolute Gasteiger partial charge is 0.356 e. The SMILES string of the molecule is CC(C)(C)[C@H](NC(=O)[C@H]1CC1(F)F)C(=O)N1C[C@H]2[C@@H]([C@H]1C(=O)N[C@H](C#N)C[C@@H]1CCNC1=O)[C@H]1C=C[C@@H]2C1. The van der Waals surface area contributed by atoms with Crippen molar-refractivity contribution >= 4 is 23.6 Å². The average molecular weight is 532 g/mol. The first-order valence-corrected chi connectivity index (χ1v) is 13.5. The van der Waals surface area contributed by atoms with Gasteiger partial charge in [0.15, 0.2) is 0 Å². The van der Waals surface area contributed by atoms with Crippen molar-refractivity contribution in [1.29, 1.82) is 5.26 Å². The van der Waals surface area contributed by atoms with Gasteiger partial charge in [0.1, 0.15) is 24.0 Å². The smallest absolute Gasteiger partial charge is 0.260 e. The number of hydrogen-bond acceptors (Lipinski definition) is 5. The number of alkyl halides is 2. The van der Waals surface area contributed by atoms with E-state index in [1.165, 1.54) is 4.90 Å². The van der Waals surface area contributed by atoms with Crippen molar-refractivity contribution in [1.82, 2.24) is 20.9 Å². The van der Waals surface area contributed by atoms with E-state index in [1.807, 2.05) is 0 Å². The minimum absolute atomic E-state index is 0.0648. The monoisotopic (exact) mass is 531 g/mol. The molecule has 3 N–H and O–H groups in total. The van der Waals surface area contributed by atoms with Crippen LogP contribution in [0.25, 0.3) is 0 Å². The molecule has 2 aliphatic heterocycles. The highest BCUT2D eigenvalue weighted by atomic mass is 19.3. The van der Waals surface area contributed by atoms with Crippen molar-refractivity contribution < 1.29 is 28.0 Å². The highest BCUT2D eigenvalue weighted by Gasteiger charge is 2.63. The molecule has 5 aliphatic rings. The molecule has 4 amide bonds. The first-order valence-electron chi connectivity index (χ1n) is 13.5. The Morgan fingerprint density at radius 3 is 2.47 bits per heavy atom. The van der Waals surface area contributed by atoms with Crippen LogP contribution in [-0.4, -0.2) is 65.7 Å². The number of allylic oxidation sites excluding steroid dienone is 2. The summed E-state index contributed by atoms with van der Waals surface area (Å²) in [5, 5.41) is 17.8. The molecule has 0 spiro atoms. The van der Waals surface area contributed by atoms with Crippen LogP contribution in [0, 0.1) is 52.3 Å². The normalized spacial score (nSPS) is 35.7. The molecule has 0 radical (unpaired) electrons. The maximum absolute atomic E-state index is 14.0. The molecule has 9 nitrogen and oxygen atoms in total. The van der Waals surface area contributed by atoms with E-state index in [0.29, 0.717) is 19.5 Å². The van der Waals surface area contributed by atoms with E-state index in [0.717, 1.165) is 6.42 Å². The zero-order chi connectivity index (χ0) is 27.6. The van der Waals surface area contributed by atoms with Gasteiger partial charge in [0, 0.05) is 25.4 Å². The molecule has 2 saturated heterocycles. The predicted octanol–water partition coefficient (Wildman–Crippen LogP) is 1.36. The fraction of sp³-hybridized carbons (Fsp3) is 0.741. The maximum Gasteiger partial charge on any atom is 0.260 e. The van der Waals surface area contributed by atoms with E-state index in [2.05, 4.69) is 34.2 Å². The summed E-state index contributed by atoms with van der Waals surface area (Å²) in [6, 6.07) is -0.761. The van der Waals surface area contributed by atoms with Crippen molar-refractivity contribution in [3.8, 4) is 6.07 Å². The van der Waals surface area contributed by atoms with Crippen molar-refractivity contribution in [2.24, 2.45) is 40.9 Å². The number of hydrogen-bond donors (Lipinski definition) is 3. The van der Waals surface area contributed by atoms with Crippen LogP contribution in [0.2, 0.25) is 0 Å². The van der Waals surface area contributed by atoms with Gasteiger partial charge in [0.25, 0.3) is 5.92 Å². The molecule has 0 unspecified atom stereocenters. The first kappa shape index (κ1) is 26.6. The number of fused-ring (bicyclic) bond motifs is 5. The quantitative estimate of drug-likeness (QED) is 0.427. The number of nitrogens with zero attached hydrogens (tertiary/aromatic N) is 2. The summed E-state index contributed by atoms with van der Waals surface area (Å²) in [7, 11) is 0. The first-order chi connectivity index (χ1) is 17.8. The zero-order valence-corrected chi connectivity index (χ0v) is 21.9. The summed E-state index contributed by atoms with van der Waals surface area (Å²) in [6.07, 6.45) is 5.36. The number of amides is 4. The Morgan fingerprint density at radius 1 is 1.21 bits per heavy atom. The average Bonchev–Trinajstić information content (AvgIpc) is 3.37. The molecule has 0 aromatic carbocycles. The van der Waals surface area contributed by atoms with E-state index < -0.39 is 59.5 Å². The van der Waals surface area contributed by atoms with Gasteiger partial charge in [-0.25, -0.2) is 8.78 Å². The summed E-state index contributed by atoms with van der Waals surface area (Å²) in [6.45, 7) is 6.09. The van der Waals surface area contributed by atoms with Gasteiger partial charge in [-0.1, -0.05) is 32.9 Å². The molecular weight excluding hydrogens is 496 g/mol. The van der Waals surface area contributed by atoms with Crippen LogP contribution < -0.4 is 16.0 Å². The molecule has 0 aromatic heterocycles. The minimum atomic E-state index is -3.06. The molecule has 206 valence electrons. The van der Waals surface area contributed by atoms with Gasteiger partial charge >= 0.3 is 0 Å². The number of carbonyl (C=O) groups excluding carboxylic acids is 4. The Labute approximate surface area is 220 Å². The summed E-state index contributed by atoms with van der Waals surface area (Å²) >= 11 is 0. The molecule has 2 heterocycles. The van der Waals surface area contributed by atoms with Gasteiger partial charge < -0.3 is 20.9 Å². The number of halogens is 2. The van der Waals surface area contributed by atoms with Gasteiger partial charge in [0.05, 0.1) is 6.07 Å². The zero-order valence-electron chi connectivity index (χ0n) is 21.9. The summed E-state index contributed by atoms with van der Waals surface area (Å²) in [5.41, 5.74) is -0.794. The van der Waals surface area contributed by atoms with Crippen LogP contribution in [-0.2, 0) is 19.2 Å². The van der Waals surface area contributed by atoms with Crippen molar-refractivity contribution in [2.75, 3.05) is 13.1 Å². The number of nitrogens with one attached hydrogen (secondary N) is 3. The Hall–Kier alpha value is -3.03. The van der Waals surface area contributed by atoms with Crippen LogP contribution in [0.15, 0.2) is 12.2 Å². The van der Waals surface area contributed by atoms with Crippen LogP contribution in [0.5, 0.6) is 0 Å². The van der Waals surface area contributed by atoms with E-state index >= 15 is 0 Å². The van der Waals surface area contributed by atoms with Crippen molar-refractivity contribution in [3.63, 3.8) is 0 Å². The van der Waals surface area contributed by atoms with Gasteiger partial charge in [0.2, 0.25) is 23.6 Å². The fourth-order valence-corrected chi connectivity index (χ4v) is 6.89. The third kappa shape index (κ3) is 4.67. The molecule has 38 heavy (non-hydrogen) atoms. The molecule has 3 aliphatic carbocycles. The van der Waals surface area contributed by atoms with E-state index in [1.54, 1.807) is 20.8 Å². The van der Waals surface area contributed by atoms with Crippen LogP contribution in [0.3, 0.4) is 0 Å². The lowest BCUT2D eigenvalue weighted by Crippen LogP contribution is -2.59. The summed E-state index contributed by atoms with van der Waals surface area (Å²) < 4.78 is 27.1. The summed E-state index contributed by atoms with van der Waals surface area (Å²) in [4.78, 5) is 53.8. The lowest BCUT2D eigenvalue weighted by Gasteiger charge is -2.37. The van der Waals surface area contributed by atoms with Gasteiger partial charge in [-0.2, -0.15) is 5.26 Å². The Kier molecular flexibility index (Phi) is 6.51. The van der Waals surface area contributed by atoms with E-state index in [9.17, 15) is 33.2 Å². The standard InChI is InChI=1S/C27H35F2N5O4/c1-26(2,3)21(33-23(36)18-10-27(18,28)29)25(38)34-12-17-13-4-5-14(8-13)19(17)20(34)24(37)32-16(11-30)9-15-6-7-31-22(15)35/h4-5,13-21H,6-10,12H2,1-3H3,(H,31,35)(H,32,37)(H,33,36)/t13-,14+,15+,16+,17-,18-,19+,20+,21-/m1/s1. The second-order valence-corrected chi connectivity index (χ2v) is 12.7. The second kappa shape index (κ2) is 9.31. The third-order valence-electron chi connectivity index (χ3n) is 9.05. The fourth-order valence-electron chi connectivity index (χ4n) is 6.89. The van der Waals surface area contributed by atoms with Gasteiger partial charge in [-0.05, 0) is 48.3 Å². The highest BCUT2D eigenvalue weighted by molar-refractivity contribution is 5.94. The predicted molar refractivity (Wildman–Crippen MR) is 131 cm³/mol. The van der Waals surface area contributed by atoms with Crippen molar-refractivity contribution in [3.05, 3.63) is 12.2 Å². The lowest BCUT2D eigenvalue weighted by atomic mass is 9.81. The minimum Gasteiger partial charge on any atom is -0.356 e. The topological polar surface area (TPSA) is 131 Å². The van der Waals surface area contributed by atoms with Crippen LogP contribution >= 0.6 is 0 Å². The molecular formula is C27H35F2N5O4. The highest BCUT2D eigenvalue weighted by Crippen LogP contribution is 2.54. The maximum atomic E-state index is 14.0. The molecule has 9 atom stereocenters. The molecule has 5 rings (SSSR count). The molecule has 0 aromatic rings. The molecule has 4 fully saturated rings.